The first-order chi connectivity index (χ1) is 13.0. The number of nitrogens with zero attached hydrogens (tertiary/aromatic N) is 4. The van der Waals surface area contributed by atoms with Gasteiger partial charge in [0.05, 0.1) is 12.2 Å². The quantitative estimate of drug-likeness (QED) is 0.335. The molecule has 1 saturated carbocycles. The van der Waals surface area contributed by atoms with Gasteiger partial charge in [0.2, 0.25) is 5.91 Å². The van der Waals surface area contributed by atoms with Crippen molar-refractivity contribution in [2.24, 2.45) is 4.99 Å². The first-order valence-corrected chi connectivity index (χ1v) is 10.1. The molecule has 2 N–H and O–H groups in total. The van der Waals surface area contributed by atoms with Crippen LogP contribution in [0.1, 0.15) is 51.0 Å². The van der Waals surface area contributed by atoms with Gasteiger partial charge in [-0.1, -0.05) is 19.0 Å². The van der Waals surface area contributed by atoms with Crippen LogP contribution in [-0.4, -0.2) is 72.1 Å². The van der Waals surface area contributed by atoms with E-state index in [-0.39, 0.29) is 29.9 Å². The topological polar surface area (TPSA) is 86.0 Å². The molecule has 1 aromatic heterocycles. The van der Waals surface area contributed by atoms with Crippen LogP contribution in [0.25, 0.3) is 0 Å². The number of piperazine rings is 1. The summed E-state index contributed by atoms with van der Waals surface area (Å²) in [6.45, 7) is 11.5. The lowest BCUT2D eigenvalue weighted by atomic mass is 10.1. The Labute approximate surface area is 184 Å². The number of carbonyl (C=O) groups is 1. The summed E-state index contributed by atoms with van der Waals surface area (Å²) in [5, 5.41) is 10.5. The van der Waals surface area contributed by atoms with E-state index in [1.165, 1.54) is 0 Å². The highest BCUT2D eigenvalue weighted by molar-refractivity contribution is 14.0. The molecule has 2 aliphatic rings. The van der Waals surface area contributed by atoms with Crippen molar-refractivity contribution in [2.75, 3.05) is 39.3 Å². The largest absolute Gasteiger partial charge is 0.359 e. The van der Waals surface area contributed by atoms with Crippen molar-refractivity contribution >= 4 is 35.8 Å². The third-order valence-electron chi connectivity index (χ3n) is 4.87. The molecule has 28 heavy (non-hydrogen) atoms. The fourth-order valence-corrected chi connectivity index (χ4v) is 3.08. The number of guanidine groups is 1. The molecule has 8 nitrogen and oxygen atoms in total. The molecule has 1 amide bonds. The Morgan fingerprint density at radius 3 is 2.61 bits per heavy atom. The Morgan fingerprint density at radius 2 is 2.04 bits per heavy atom. The maximum absolute atomic E-state index is 12.0. The zero-order chi connectivity index (χ0) is 19.2. The average Bonchev–Trinajstić information content (AvgIpc) is 3.32. The van der Waals surface area contributed by atoms with Crippen molar-refractivity contribution in [3.8, 4) is 0 Å². The van der Waals surface area contributed by atoms with Gasteiger partial charge in [0, 0.05) is 44.8 Å². The molecule has 9 heteroatoms. The Morgan fingerprint density at radius 1 is 1.32 bits per heavy atom. The number of amides is 1. The smallest absolute Gasteiger partial charge is 0.234 e. The summed E-state index contributed by atoms with van der Waals surface area (Å²) >= 11 is 0. The van der Waals surface area contributed by atoms with Gasteiger partial charge in [-0.25, -0.2) is 4.99 Å². The third-order valence-corrected chi connectivity index (χ3v) is 4.87. The molecule has 1 aromatic rings. The molecule has 0 radical (unpaired) electrons. The number of carbonyl (C=O) groups excluding carboxylic acids is 1. The summed E-state index contributed by atoms with van der Waals surface area (Å²) in [5.41, 5.74) is 0.961. The average molecular weight is 504 g/mol. The number of nitrogens with one attached hydrogen (secondary N) is 2. The van der Waals surface area contributed by atoms with E-state index in [1.807, 2.05) is 6.07 Å². The predicted molar refractivity (Wildman–Crippen MR) is 120 cm³/mol. The van der Waals surface area contributed by atoms with Gasteiger partial charge in [-0.05, 0) is 25.7 Å². The summed E-state index contributed by atoms with van der Waals surface area (Å²) in [4.78, 5) is 21.1. The van der Waals surface area contributed by atoms with Gasteiger partial charge in [-0.3, -0.25) is 9.69 Å². The van der Waals surface area contributed by atoms with Crippen LogP contribution in [0.5, 0.6) is 0 Å². The fourth-order valence-electron chi connectivity index (χ4n) is 3.08. The number of aromatic nitrogens is 1. The molecule has 0 atom stereocenters. The predicted octanol–water partition coefficient (Wildman–Crippen LogP) is 1.78. The van der Waals surface area contributed by atoms with E-state index >= 15 is 0 Å². The number of halogens is 1. The summed E-state index contributed by atoms with van der Waals surface area (Å²) in [6, 6.07) is 2.41. The van der Waals surface area contributed by atoms with Gasteiger partial charge < -0.3 is 20.1 Å². The van der Waals surface area contributed by atoms with Crippen molar-refractivity contribution in [3.63, 3.8) is 0 Å². The van der Waals surface area contributed by atoms with Gasteiger partial charge in [-0.15, -0.1) is 24.0 Å². The second-order valence-electron chi connectivity index (χ2n) is 7.65. The van der Waals surface area contributed by atoms with Crippen molar-refractivity contribution in [1.82, 2.24) is 25.6 Å². The molecule has 2 heterocycles. The number of aliphatic imine (C=N–C) groups is 1. The van der Waals surface area contributed by atoms with Gasteiger partial charge in [-0.2, -0.15) is 0 Å². The molecule has 1 aliphatic carbocycles. The van der Waals surface area contributed by atoms with Crippen LogP contribution < -0.4 is 10.6 Å². The van der Waals surface area contributed by atoms with E-state index in [4.69, 9.17) is 9.52 Å². The van der Waals surface area contributed by atoms with Crippen molar-refractivity contribution in [2.45, 2.75) is 52.1 Å². The minimum atomic E-state index is 0. The Kier molecular flexibility index (Phi) is 9.00. The van der Waals surface area contributed by atoms with E-state index in [2.05, 4.69) is 46.4 Å². The number of hydrogen-bond donors (Lipinski definition) is 2. The van der Waals surface area contributed by atoms with Crippen LogP contribution >= 0.6 is 24.0 Å². The summed E-state index contributed by atoms with van der Waals surface area (Å²) in [7, 11) is 0. The lowest BCUT2D eigenvalue weighted by molar-refractivity contribution is -0.122. The molecule has 0 unspecified atom stereocenters. The molecule has 0 bridgehead atoms. The molecule has 0 aromatic carbocycles. The van der Waals surface area contributed by atoms with Crippen LogP contribution in [0.15, 0.2) is 15.6 Å². The standard InChI is InChI=1S/C19H32N6O2.HI/c1-4-20-19(21-12-16-11-17(14(2)3)23-27-16)25-9-7-24(8-10-25)13-18(26)22-15-5-6-15;/h11,14-15H,4-10,12-13H2,1-3H3,(H,20,21)(H,22,26);1H. The van der Waals surface area contributed by atoms with Gasteiger partial charge in [0.25, 0.3) is 0 Å². The monoisotopic (exact) mass is 504 g/mol. The van der Waals surface area contributed by atoms with Gasteiger partial charge in [0.15, 0.2) is 11.7 Å². The molecule has 158 valence electrons. The van der Waals surface area contributed by atoms with E-state index < -0.39 is 0 Å². The minimum absolute atomic E-state index is 0. The van der Waals surface area contributed by atoms with Crippen molar-refractivity contribution in [1.29, 1.82) is 0 Å². The van der Waals surface area contributed by atoms with E-state index in [0.717, 1.165) is 63.0 Å². The van der Waals surface area contributed by atoms with Crippen LogP contribution in [0.2, 0.25) is 0 Å². The first kappa shape index (κ1) is 22.9. The van der Waals surface area contributed by atoms with E-state index in [1.54, 1.807) is 0 Å². The second-order valence-corrected chi connectivity index (χ2v) is 7.65. The highest BCUT2D eigenvalue weighted by atomic mass is 127. The van der Waals surface area contributed by atoms with Crippen molar-refractivity contribution in [3.05, 3.63) is 17.5 Å². The minimum Gasteiger partial charge on any atom is -0.359 e. The molecule has 0 spiro atoms. The summed E-state index contributed by atoms with van der Waals surface area (Å²) in [6.07, 6.45) is 2.26. The lowest BCUT2D eigenvalue weighted by Gasteiger charge is -2.36. The zero-order valence-electron chi connectivity index (χ0n) is 17.1. The van der Waals surface area contributed by atoms with Crippen LogP contribution in [0.4, 0.5) is 0 Å². The molecular weight excluding hydrogens is 471 g/mol. The Balaban J connectivity index is 0.00000280. The zero-order valence-corrected chi connectivity index (χ0v) is 19.4. The SMILES string of the molecule is CCNC(=NCc1cc(C(C)C)no1)N1CCN(CC(=O)NC2CC2)CC1.I. The number of rotatable bonds is 7. The molecule has 3 rings (SSSR count). The van der Waals surface area contributed by atoms with Crippen LogP contribution in [-0.2, 0) is 11.3 Å². The maximum Gasteiger partial charge on any atom is 0.234 e. The second kappa shape index (κ2) is 11.0. The highest BCUT2D eigenvalue weighted by Crippen LogP contribution is 2.18. The summed E-state index contributed by atoms with van der Waals surface area (Å²) in [5.74, 6) is 2.18. The third kappa shape index (κ3) is 6.91. The molecule has 1 aliphatic heterocycles. The maximum atomic E-state index is 12.0. The fraction of sp³-hybridized carbons (Fsp3) is 0.737. The normalized spacial score (nSPS) is 18.1. The summed E-state index contributed by atoms with van der Waals surface area (Å²) < 4.78 is 5.38. The lowest BCUT2D eigenvalue weighted by Crippen LogP contribution is -2.54. The molecule has 1 saturated heterocycles. The highest BCUT2D eigenvalue weighted by Gasteiger charge is 2.26. The van der Waals surface area contributed by atoms with E-state index in [9.17, 15) is 4.79 Å². The Hall–Kier alpha value is -1.36. The first-order valence-electron chi connectivity index (χ1n) is 10.1. The van der Waals surface area contributed by atoms with Crippen molar-refractivity contribution < 1.29 is 9.32 Å². The van der Waals surface area contributed by atoms with Crippen LogP contribution in [0.3, 0.4) is 0 Å². The number of hydrogen-bond acceptors (Lipinski definition) is 5. The molecular formula is C19H33IN6O2. The Bertz CT molecular complexity index is 651. The van der Waals surface area contributed by atoms with E-state index in [0.29, 0.717) is 25.0 Å². The molecule has 2 fully saturated rings. The van der Waals surface area contributed by atoms with Gasteiger partial charge in [0.1, 0.15) is 6.54 Å². The van der Waals surface area contributed by atoms with Gasteiger partial charge >= 0.3 is 0 Å². The van der Waals surface area contributed by atoms with Crippen LogP contribution in [0, 0.1) is 0 Å².